The van der Waals surface area contributed by atoms with Crippen molar-refractivity contribution < 1.29 is 23.4 Å². The molecular formula is C24H22BrFO4. The van der Waals surface area contributed by atoms with Crippen molar-refractivity contribution in [1.29, 1.82) is 0 Å². The van der Waals surface area contributed by atoms with E-state index >= 15 is 0 Å². The van der Waals surface area contributed by atoms with Crippen LogP contribution in [0.5, 0.6) is 11.5 Å². The van der Waals surface area contributed by atoms with Crippen molar-refractivity contribution in [2.24, 2.45) is 0 Å². The highest BCUT2D eigenvalue weighted by atomic mass is 79.9. The fraction of sp³-hybridized carbons (Fsp3) is 0.208. The summed E-state index contributed by atoms with van der Waals surface area (Å²) in [6.45, 7) is 4.20. The van der Waals surface area contributed by atoms with Gasteiger partial charge in [-0.3, -0.25) is 0 Å². The Balaban J connectivity index is 1.90. The highest BCUT2D eigenvalue weighted by Crippen LogP contribution is 2.32. The highest BCUT2D eigenvalue weighted by Gasteiger charge is 2.17. The first-order chi connectivity index (χ1) is 14.4. The summed E-state index contributed by atoms with van der Waals surface area (Å²) in [5.41, 5.74) is 1.88. The molecule has 0 saturated heterocycles. The zero-order valence-electron chi connectivity index (χ0n) is 16.9. The Labute approximate surface area is 183 Å². The van der Waals surface area contributed by atoms with Crippen LogP contribution in [0, 0.1) is 5.82 Å². The topological polar surface area (TPSA) is 44.8 Å². The van der Waals surface area contributed by atoms with E-state index in [1.807, 2.05) is 32.0 Å². The normalized spacial score (nSPS) is 10.7. The third-order valence-electron chi connectivity index (χ3n) is 4.34. The first kappa shape index (κ1) is 21.8. The number of rotatable bonds is 7. The lowest BCUT2D eigenvalue weighted by atomic mass is 9.99. The minimum Gasteiger partial charge on any atom is -0.491 e. The van der Waals surface area contributed by atoms with Gasteiger partial charge in [0.2, 0.25) is 0 Å². The van der Waals surface area contributed by atoms with Gasteiger partial charge in [0.15, 0.2) is 0 Å². The largest absolute Gasteiger partial charge is 0.491 e. The van der Waals surface area contributed by atoms with Crippen molar-refractivity contribution in [3.63, 3.8) is 0 Å². The SMILES string of the molecule is COC(=O)c1ccc(OCc2cc(OC(C)C)ccc2Br)cc1-c1ccccc1F. The van der Waals surface area contributed by atoms with E-state index in [0.717, 1.165) is 15.8 Å². The van der Waals surface area contributed by atoms with Crippen LogP contribution in [0.1, 0.15) is 29.8 Å². The van der Waals surface area contributed by atoms with Gasteiger partial charge in [-0.25, -0.2) is 9.18 Å². The minimum absolute atomic E-state index is 0.0640. The summed E-state index contributed by atoms with van der Waals surface area (Å²) in [5.74, 6) is 0.282. The maximum absolute atomic E-state index is 14.4. The molecule has 0 amide bonds. The van der Waals surface area contributed by atoms with E-state index in [0.29, 0.717) is 16.9 Å². The van der Waals surface area contributed by atoms with Crippen LogP contribution < -0.4 is 9.47 Å². The molecule has 0 spiro atoms. The third-order valence-corrected chi connectivity index (χ3v) is 5.12. The average molecular weight is 473 g/mol. The molecule has 30 heavy (non-hydrogen) atoms. The van der Waals surface area contributed by atoms with Crippen molar-refractivity contribution in [3.8, 4) is 22.6 Å². The number of hydrogen-bond donors (Lipinski definition) is 0. The number of esters is 1. The first-order valence-corrected chi connectivity index (χ1v) is 10.2. The molecule has 0 aliphatic carbocycles. The zero-order chi connectivity index (χ0) is 21.7. The lowest BCUT2D eigenvalue weighted by Crippen LogP contribution is -2.07. The van der Waals surface area contributed by atoms with Crippen LogP contribution in [0.3, 0.4) is 0 Å². The molecule has 0 saturated carbocycles. The number of methoxy groups -OCH3 is 1. The summed E-state index contributed by atoms with van der Waals surface area (Å²) in [7, 11) is 1.29. The first-order valence-electron chi connectivity index (χ1n) is 9.44. The van der Waals surface area contributed by atoms with Gasteiger partial charge in [-0.2, -0.15) is 0 Å². The number of ether oxygens (including phenoxy) is 3. The fourth-order valence-corrected chi connectivity index (χ4v) is 3.33. The molecule has 3 aromatic carbocycles. The van der Waals surface area contributed by atoms with Gasteiger partial charge in [0.05, 0.1) is 18.8 Å². The van der Waals surface area contributed by atoms with Crippen molar-refractivity contribution in [2.45, 2.75) is 26.6 Å². The van der Waals surface area contributed by atoms with Gasteiger partial charge < -0.3 is 14.2 Å². The summed E-state index contributed by atoms with van der Waals surface area (Å²) < 4.78 is 31.8. The molecule has 4 nitrogen and oxygen atoms in total. The Morgan fingerprint density at radius 3 is 2.43 bits per heavy atom. The van der Waals surface area contributed by atoms with E-state index in [9.17, 15) is 9.18 Å². The van der Waals surface area contributed by atoms with Crippen molar-refractivity contribution in [2.75, 3.05) is 7.11 Å². The summed E-state index contributed by atoms with van der Waals surface area (Å²) in [5, 5.41) is 0. The van der Waals surface area contributed by atoms with Crippen LogP contribution in [0.25, 0.3) is 11.1 Å². The Morgan fingerprint density at radius 1 is 1.00 bits per heavy atom. The van der Waals surface area contributed by atoms with E-state index in [1.54, 1.807) is 36.4 Å². The Hall–Kier alpha value is -2.86. The van der Waals surface area contributed by atoms with Crippen LogP contribution in [-0.2, 0) is 11.3 Å². The van der Waals surface area contributed by atoms with Crippen molar-refractivity contribution in [3.05, 3.63) is 82.1 Å². The standard InChI is InChI=1S/C24H22BrFO4/c1-15(2)30-18-9-11-22(25)16(12-18)14-29-17-8-10-20(24(27)28-3)21(13-17)19-6-4-5-7-23(19)26/h4-13,15H,14H2,1-3H3. The summed E-state index contributed by atoms with van der Waals surface area (Å²) >= 11 is 3.52. The molecule has 0 heterocycles. The van der Waals surface area contributed by atoms with Crippen LogP contribution in [0.15, 0.2) is 65.1 Å². The number of halogens is 2. The Bertz CT molecular complexity index is 1050. The van der Waals surface area contributed by atoms with Crippen molar-refractivity contribution >= 4 is 21.9 Å². The van der Waals surface area contributed by atoms with E-state index in [2.05, 4.69) is 15.9 Å². The molecule has 0 unspecified atom stereocenters. The number of benzene rings is 3. The second-order valence-electron chi connectivity index (χ2n) is 6.89. The number of hydrogen-bond acceptors (Lipinski definition) is 4. The summed E-state index contributed by atoms with van der Waals surface area (Å²) in [6, 6.07) is 16.9. The van der Waals surface area contributed by atoms with Crippen LogP contribution >= 0.6 is 15.9 Å². The fourth-order valence-electron chi connectivity index (χ4n) is 2.97. The summed E-state index contributed by atoms with van der Waals surface area (Å²) in [6.07, 6.45) is 0.0640. The molecule has 0 aromatic heterocycles. The predicted octanol–water partition coefficient (Wildman–Crippen LogP) is 6.41. The minimum atomic E-state index is -0.541. The molecule has 3 rings (SSSR count). The second-order valence-corrected chi connectivity index (χ2v) is 7.74. The molecule has 0 fully saturated rings. The molecule has 156 valence electrons. The number of carbonyl (C=O) groups excluding carboxylic acids is 1. The highest BCUT2D eigenvalue weighted by molar-refractivity contribution is 9.10. The molecule has 0 aliphatic rings. The summed E-state index contributed by atoms with van der Waals surface area (Å²) in [4.78, 5) is 12.2. The lowest BCUT2D eigenvalue weighted by molar-refractivity contribution is 0.0601. The van der Waals surface area contributed by atoms with Crippen LogP contribution in [0.4, 0.5) is 4.39 Å². The van der Waals surface area contributed by atoms with Gasteiger partial charge >= 0.3 is 5.97 Å². The van der Waals surface area contributed by atoms with E-state index in [4.69, 9.17) is 14.2 Å². The quantitative estimate of drug-likeness (QED) is 0.372. The lowest BCUT2D eigenvalue weighted by Gasteiger charge is -2.15. The van der Waals surface area contributed by atoms with Crippen molar-refractivity contribution in [1.82, 2.24) is 0 Å². The molecule has 0 N–H and O–H groups in total. The molecule has 6 heteroatoms. The smallest absolute Gasteiger partial charge is 0.338 e. The Morgan fingerprint density at radius 2 is 1.73 bits per heavy atom. The monoisotopic (exact) mass is 472 g/mol. The van der Waals surface area contributed by atoms with Crippen LogP contribution in [-0.4, -0.2) is 19.2 Å². The second kappa shape index (κ2) is 9.76. The van der Waals surface area contributed by atoms with E-state index < -0.39 is 11.8 Å². The molecule has 0 atom stereocenters. The van der Waals surface area contributed by atoms with Gasteiger partial charge in [0, 0.05) is 21.2 Å². The predicted molar refractivity (Wildman–Crippen MR) is 117 cm³/mol. The molecular weight excluding hydrogens is 451 g/mol. The van der Waals surface area contributed by atoms with E-state index in [-0.39, 0.29) is 18.3 Å². The average Bonchev–Trinajstić information content (AvgIpc) is 2.73. The molecule has 0 bridgehead atoms. The van der Waals surface area contributed by atoms with Gasteiger partial charge in [0.25, 0.3) is 0 Å². The van der Waals surface area contributed by atoms with E-state index in [1.165, 1.54) is 13.2 Å². The van der Waals surface area contributed by atoms with Gasteiger partial charge in [0.1, 0.15) is 23.9 Å². The zero-order valence-corrected chi connectivity index (χ0v) is 18.5. The third kappa shape index (κ3) is 5.19. The number of carbonyl (C=O) groups is 1. The molecule has 3 aromatic rings. The van der Waals surface area contributed by atoms with Gasteiger partial charge in [-0.1, -0.05) is 34.1 Å². The molecule has 0 radical (unpaired) electrons. The van der Waals surface area contributed by atoms with Gasteiger partial charge in [-0.15, -0.1) is 0 Å². The molecule has 0 aliphatic heterocycles. The maximum atomic E-state index is 14.4. The van der Waals surface area contributed by atoms with Gasteiger partial charge in [-0.05, 0) is 56.3 Å². The Kier molecular flexibility index (Phi) is 7.11. The maximum Gasteiger partial charge on any atom is 0.338 e. The van der Waals surface area contributed by atoms with Crippen LogP contribution in [0.2, 0.25) is 0 Å².